The molecule has 0 bridgehead atoms. The molecule has 0 fully saturated rings. The van der Waals surface area contributed by atoms with E-state index in [-0.39, 0.29) is 4.90 Å². The summed E-state index contributed by atoms with van der Waals surface area (Å²) in [6, 6.07) is 10.1. The van der Waals surface area contributed by atoms with Gasteiger partial charge in [-0.15, -0.1) is 0 Å². The molecule has 0 unspecified atom stereocenters. The van der Waals surface area contributed by atoms with E-state index in [1.807, 2.05) is 6.07 Å². The van der Waals surface area contributed by atoms with Crippen LogP contribution in [0.5, 0.6) is 5.75 Å². The lowest BCUT2D eigenvalue weighted by atomic mass is 10.2. The molecule has 114 valence electrons. The van der Waals surface area contributed by atoms with Crippen molar-refractivity contribution in [3.63, 3.8) is 0 Å². The van der Waals surface area contributed by atoms with E-state index < -0.39 is 10.0 Å². The molecular formula is C15H14N2O3S2. The summed E-state index contributed by atoms with van der Waals surface area (Å²) < 4.78 is 37.8. The maximum atomic E-state index is 12.5. The number of sulfonamides is 1. The van der Waals surface area contributed by atoms with Crippen LogP contribution in [0.15, 0.2) is 47.5 Å². The summed E-state index contributed by atoms with van der Waals surface area (Å²) in [6.45, 7) is 1.81. The molecule has 7 heteroatoms. The van der Waals surface area contributed by atoms with Gasteiger partial charge in [0.15, 0.2) is 0 Å². The SMILES string of the molecule is COc1ccc(S(=O)(=O)Nc2ccc3sncc3c2)cc1C. The van der Waals surface area contributed by atoms with Crippen LogP contribution < -0.4 is 9.46 Å². The number of hydrogen-bond acceptors (Lipinski definition) is 5. The van der Waals surface area contributed by atoms with Crippen molar-refractivity contribution in [1.82, 2.24) is 4.37 Å². The monoisotopic (exact) mass is 334 g/mol. The van der Waals surface area contributed by atoms with Crippen molar-refractivity contribution in [1.29, 1.82) is 0 Å². The lowest BCUT2D eigenvalue weighted by Crippen LogP contribution is -2.13. The Hall–Kier alpha value is -2.12. The van der Waals surface area contributed by atoms with Crippen molar-refractivity contribution >= 4 is 37.3 Å². The van der Waals surface area contributed by atoms with Gasteiger partial charge >= 0.3 is 0 Å². The van der Waals surface area contributed by atoms with E-state index in [0.29, 0.717) is 11.4 Å². The fourth-order valence-electron chi connectivity index (χ4n) is 2.17. The maximum absolute atomic E-state index is 12.5. The topological polar surface area (TPSA) is 68.3 Å². The molecule has 0 aliphatic rings. The van der Waals surface area contributed by atoms with Gasteiger partial charge in [-0.1, -0.05) is 0 Å². The van der Waals surface area contributed by atoms with E-state index in [4.69, 9.17) is 4.74 Å². The zero-order chi connectivity index (χ0) is 15.7. The Morgan fingerprint density at radius 2 is 2.00 bits per heavy atom. The number of ether oxygens (including phenoxy) is 1. The third kappa shape index (κ3) is 2.77. The van der Waals surface area contributed by atoms with E-state index in [1.54, 1.807) is 44.5 Å². The first-order valence-corrected chi connectivity index (χ1v) is 8.77. The van der Waals surface area contributed by atoms with Gasteiger partial charge in [0, 0.05) is 17.3 Å². The molecule has 0 aliphatic heterocycles. The molecule has 0 spiro atoms. The van der Waals surface area contributed by atoms with E-state index in [9.17, 15) is 8.42 Å². The van der Waals surface area contributed by atoms with Crippen molar-refractivity contribution in [2.24, 2.45) is 0 Å². The molecule has 3 aromatic rings. The highest BCUT2D eigenvalue weighted by Gasteiger charge is 2.16. The summed E-state index contributed by atoms with van der Waals surface area (Å²) in [4.78, 5) is 0.203. The lowest BCUT2D eigenvalue weighted by molar-refractivity contribution is 0.411. The van der Waals surface area contributed by atoms with Crippen LogP contribution in [-0.4, -0.2) is 19.9 Å². The summed E-state index contributed by atoms with van der Waals surface area (Å²) in [6.07, 6.45) is 1.72. The predicted molar refractivity (Wildman–Crippen MR) is 88.2 cm³/mol. The van der Waals surface area contributed by atoms with E-state index >= 15 is 0 Å². The predicted octanol–water partition coefficient (Wildman–Crippen LogP) is 3.41. The van der Waals surface area contributed by atoms with Gasteiger partial charge in [-0.2, -0.15) is 4.37 Å². The minimum absolute atomic E-state index is 0.203. The van der Waals surface area contributed by atoms with E-state index in [2.05, 4.69) is 9.10 Å². The van der Waals surface area contributed by atoms with Gasteiger partial charge in [-0.25, -0.2) is 8.42 Å². The Bertz CT molecular complexity index is 933. The first-order chi connectivity index (χ1) is 10.5. The Morgan fingerprint density at radius 1 is 1.18 bits per heavy atom. The van der Waals surface area contributed by atoms with Gasteiger partial charge in [0.2, 0.25) is 0 Å². The van der Waals surface area contributed by atoms with E-state index in [1.165, 1.54) is 17.6 Å². The second-order valence-electron chi connectivity index (χ2n) is 4.82. The smallest absolute Gasteiger partial charge is 0.261 e. The maximum Gasteiger partial charge on any atom is 0.261 e. The van der Waals surface area contributed by atoms with Gasteiger partial charge in [0.25, 0.3) is 10.0 Å². The van der Waals surface area contributed by atoms with E-state index in [0.717, 1.165) is 15.6 Å². The Kier molecular flexibility index (Phi) is 3.76. The Morgan fingerprint density at radius 3 is 2.73 bits per heavy atom. The summed E-state index contributed by atoms with van der Waals surface area (Å²) in [5.74, 6) is 0.657. The fraction of sp³-hybridized carbons (Fsp3) is 0.133. The van der Waals surface area contributed by atoms with Crippen LogP contribution in [0.25, 0.3) is 10.1 Å². The molecule has 1 N–H and O–H groups in total. The molecule has 5 nitrogen and oxygen atoms in total. The average molecular weight is 334 g/mol. The van der Waals surface area contributed by atoms with Gasteiger partial charge in [-0.3, -0.25) is 4.72 Å². The molecular weight excluding hydrogens is 320 g/mol. The molecule has 1 aromatic heterocycles. The molecule has 1 heterocycles. The molecule has 2 aromatic carbocycles. The van der Waals surface area contributed by atoms with Crippen LogP contribution in [0.4, 0.5) is 5.69 Å². The number of nitrogens with one attached hydrogen (secondary N) is 1. The summed E-state index contributed by atoms with van der Waals surface area (Å²) >= 11 is 1.38. The molecule has 3 rings (SSSR count). The van der Waals surface area contributed by atoms with Crippen LogP contribution in [0.2, 0.25) is 0 Å². The van der Waals surface area contributed by atoms with Crippen molar-refractivity contribution in [3.8, 4) is 5.75 Å². The minimum Gasteiger partial charge on any atom is -0.496 e. The number of fused-ring (bicyclic) bond motifs is 1. The number of rotatable bonds is 4. The third-order valence-electron chi connectivity index (χ3n) is 3.28. The van der Waals surface area contributed by atoms with Gasteiger partial charge in [0.1, 0.15) is 5.75 Å². The highest BCUT2D eigenvalue weighted by molar-refractivity contribution is 7.92. The van der Waals surface area contributed by atoms with Crippen molar-refractivity contribution < 1.29 is 13.2 Å². The zero-order valence-electron chi connectivity index (χ0n) is 12.0. The van der Waals surface area contributed by atoms with Crippen LogP contribution in [0.3, 0.4) is 0 Å². The number of hydrogen-bond donors (Lipinski definition) is 1. The number of methoxy groups -OCH3 is 1. The second-order valence-corrected chi connectivity index (χ2v) is 7.33. The van der Waals surface area contributed by atoms with Crippen LogP contribution in [0, 0.1) is 6.92 Å². The largest absolute Gasteiger partial charge is 0.496 e. The van der Waals surface area contributed by atoms with Crippen molar-refractivity contribution in [2.45, 2.75) is 11.8 Å². The van der Waals surface area contributed by atoms with Gasteiger partial charge in [0.05, 0.1) is 16.7 Å². The quantitative estimate of drug-likeness (QED) is 0.794. The van der Waals surface area contributed by atoms with Gasteiger partial charge < -0.3 is 4.74 Å². The number of anilines is 1. The molecule has 0 atom stereocenters. The molecule has 0 radical (unpaired) electrons. The summed E-state index contributed by atoms with van der Waals surface area (Å²) in [7, 11) is -2.08. The molecule has 22 heavy (non-hydrogen) atoms. The fourth-order valence-corrected chi connectivity index (χ4v) is 3.93. The lowest BCUT2D eigenvalue weighted by Gasteiger charge is -2.10. The summed E-state index contributed by atoms with van der Waals surface area (Å²) in [5, 5.41) is 0.913. The van der Waals surface area contributed by atoms with Crippen molar-refractivity contribution in [2.75, 3.05) is 11.8 Å². The molecule has 0 saturated heterocycles. The minimum atomic E-state index is -3.64. The number of benzene rings is 2. The number of aryl methyl sites for hydroxylation is 1. The number of nitrogens with zero attached hydrogens (tertiary/aromatic N) is 1. The Balaban J connectivity index is 1.93. The first kappa shape index (κ1) is 14.8. The second kappa shape index (κ2) is 5.58. The summed E-state index contributed by atoms with van der Waals surface area (Å²) in [5.41, 5.74) is 1.28. The molecule has 0 amide bonds. The standard InChI is InChI=1S/C15H14N2O3S2/c1-10-7-13(4-5-14(10)20-2)22(18,19)17-12-3-6-15-11(8-12)9-16-21-15/h3-9,17H,1-2H3. The first-order valence-electron chi connectivity index (χ1n) is 6.51. The normalized spacial score (nSPS) is 11.5. The van der Waals surface area contributed by atoms with Crippen LogP contribution in [0.1, 0.15) is 5.56 Å². The highest BCUT2D eigenvalue weighted by atomic mass is 32.2. The number of aromatic nitrogens is 1. The zero-order valence-corrected chi connectivity index (χ0v) is 13.7. The van der Waals surface area contributed by atoms with Crippen molar-refractivity contribution in [3.05, 3.63) is 48.2 Å². The van der Waals surface area contributed by atoms with Gasteiger partial charge in [-0.05, 0) is 60.4 Å². The van der Waals surface area contributed by atoms with Crippen LogP contribution in [-0.2, 0) is 10.0 Å². The molecule has 0 saturated carbocycles. The third-order valence-corrected chi connectivity index (χ3v) is 5.44. The Labute approximate surface area is 132 Å². The molecule has 0 aliphatic carbocycles. The average Bonchev–Trinajstić information content (AvgIpc) is 2.94. The highest BCUT2D eigenvalue weighted by Crippen LogP contribution is 2.26. The van der Waals surface area contributed by atoms with Crippen LogP contribution >= 0.6 is 11.5 Å².